The van der Waals surface area contributed by atoms with Gasteiger partial charge in [0, 0.05) is 55.3 Å². The Morgan fingerprint density at radius 2 is 2.00 bits per heavy atom. The number of fused-ring (bicyclic) bond motifs is 2. The standard InChI is InChI=1S/C20H23N7O2/c1-28-14-5-3-13(4-6-14)24-19-25-17-16(18(26-19)29-2)15(10-22-17)12-9-23-20-21-7-8-27(20)11-12/h7-11,13-14H,3-6H2,1-2H3,(H2,22,24,25,26)/t13-,14+. The number of H-pyrrole nitrogens is 1. The highest BCUT2D eigenvalue weighted by atomic mass is 16.5. The predicted molar refractivity (Wildman–Crippen MR) is 109 cm³/mol. The number of ether oxygens (including phenoxy) is 2. The molecule has 0 bridgehead atoms. The van der Waals surface area contributed by atoms with Crippen LogP contribution in [0, 0.1) is 0 Å². The van der Waals surface area contributed by atoms with Gasteiger partial charge < -0.3 is 19.8 Å². The zero-order chi connectivity index (χ0) is 19.8. The van der Waals surface area contributed by atoms with Crippen molar-refractivity contribution in [1.29, 1.82) is 0 Å². The van der Waals surface area contributed by atoms with Crippen molar-refractivity contribution < 1.29 is 9.47 Å². The number of anilines is 1. The van der Waals surface area contributed by atoms with Crippen LogP contribution in [0.2, 0.25) is 0 Å². The van der Waals surface area contributed by atoms with E-state index < -0.39 is 0 Å². The Morgan fingerprint density at radius 3 is 2.79 bits per heavy atom. The van der Waals surface area contributed by atoms with Crippen LogP contribution in [0.4, 0.5) is 5.95 Å². The first-order valence-corrected chi connectivity index (χ1v) is 9.76. The lowest BCUT2D eigenvalue weighted by molar-refractivity contribution is 0.0681. The molecule has 1 saturated carbocycles. The van der Waals surface area contributed by atoms with E-state index in [1.165, 1.54) is 0 Å². The Kier molecular flexibility index (Phi) is 4.51. The molecular formula is C20H23N7O2. The van der Waals surface area contributed by atoms with Crippen molar-refractivity contribution in [1.82, 2.24) is 29.3 Å². The lowest BCUT2D eigenvalue weighted by Crippen LogP contribution is -2.29. The number of nitrogens with one attached hydrogen (secondary N) is 2. The van der Waals surface area contributed by atoms with Crippen molar-refractivity contribution in [3.63, 3.8) is 0 Å². The first-order chi connectivity index (χ1) is 14.2. The summed E-state index contributed by atoms with van der Waals surface area (Å²) in [7, 11) is 3.41. The minimum atomic E-state index is 0.339. The summed E-state index contributed by atoms with van der Waals surface area (Å²) < 4.78 is 13.0. The van der Waals surface area contributed by atoms with E-state index in [0.29, 0.717) is 29.8 Å². The molecule has 0 aliphatic heterocycles. The van der Waals surface area contributed by atoms with Gasteiger partial charge in [0.15, 0.2) is 0 Å². The Morgan fingerprint density at radius 1 is 1.14 bits per heavy atom. The lowest BCUT2D eigenvalue weighted by atomic mass is 9.93. The van der Waals surface area contributed by atoms with E-state index >= 15 is 0 Å². The Labute approximate surface area is 167 Å². The second-order valence-corrected chi connectivity index (χ2v) is 7.31. The van der Waals surface area contributed by atoms with Gasteiger partial charge >= 0.3 is 0 Å². The monoisotopic (exact) mass is 393 g/mol. The molecule has 150 valence electrons. The third-order valence-corrected chi connectivity index (χ3v) is 5.59. The van der Waals surface area contributed by atoms with Gasteiger partial charge in [-0.15, -0.1) is 0 Å². The van der Waals surface area contributed by atoms with Crippen LogP contribution in [0.1, 0.15) is 25.7 Å². The molecule has 0 atom stereocenters. The van der Waals surface area contributed by atoms with Crippen LogP contribution in [0.15, 0.2) is 31.0 Å². The van der Waals surface area contributed by atoms with Crippen molar-refractivity contribution in [2.75, 3.05) is 19.5 Å². The van der Waals surface area contributed by atoms with E-state index in [1.54, 1.807) is 26.6 Å². The molecule has 0 radical (unpaired) electrons. The molecule has 9 nitrogen and oxygen atoms in total. The van der Waals surface area contributed by atoms with Gasteiger partial charge in [-0.25, -0.2) is 9.97 Å². The number of rotatable bonds is 5. The van der Waals surface area contributed by atoms with E-state index in [0.717, 1.165) is 47.8 Å². The maximum atomic E-state index is 5.61. The first kappa shape index (κ1) is 17.9. The highest BCUT2D eigenvalue weighted by molar-refractivity contribution is 5.97. The number of hydrogen-bond acceptors (Lipinski definition) is 7. The highest BCUT2D eigenvalue weighted by Crippen LogP contribution is 2.34. The van der Waals surface area contributed by atoms with E-state index in [-0.39, 0.29) is 0 Å². The summed E-state index contributed by atoms with van der Waals surface area (Å²) in [4.78, 5) is 21.2. The Hall–Kier alpha value is -3.20. The second kappa shape index (κ2) is 7.32. The molecule has 1 aliphatic carbocycles. The lowest BCUT2D eigenvalue weighted by Gasteiger charge is -2.28. The largest absolute Gasteiger partial charge is 0.480 e. The molecular weight excluding hydrogens is 370 g/mol. The zero-order valence-corrected chi connectivity index (χ0v) is 16.4. The van der Waals surface area contributed by atoms with Gasteiger partial charge in [0.05, 0.1) is 18.6 Å². The number of hydrogen-bond donors (Lipinski definition) is 2. The van der Waals surface area contributed by atoms with E-state index in [4.69, 9.17) is 9.47 Å². The quantitative estimate of drug-likeness (QED) is 0.537. The molecule has 29 heavy (non-hydrogen) atoms. The molecule has 1 fully saturated rings. The van der Waals surface area contributed by atoms with Crippen LogP contribution in [-0.2, 0) is 4.74 Å². The molecule has 4 aromatic heterocycles. The maximum Gasteiger partial charge on any atom is 0.233 e. The van der Waals surface area contributed by atoms with Crippen molar-refractivity contribution in [2.45, 2.75) is 37.8 Å². The van der Waals surface area contributed by atoms with E-state index in [2.05, 4.69) is 30.2 Å². The zero-order valence-electron chi connectivity index (χ0n) is 16.4. The number of aromatic amines is 1. The molecule has 0 saturated heterocycles. The molecule has 0 unspecified atom stereocenters. The van der Waals surface area contributed by atoms with Crippen LogP contribution in [0.3, 0.4) is 0 Å². The van der Waals surface area contributed by atoms with E-state index in [1.807, 2.05) is 23.0 Å². The SMILES string of the molecule is COc1nc(N[C@H]2CC[C@@H](OC)CC2)nc2[nH]cc(-c3cnc4nccn4c3)c12. The number of aromatic nitrogens is 6. The van der Waals surface area contributed by atoms with Crippen LogP contribution in [-0.4, -0.2) is 55.7 Å². The Balaban J connectivity index is 1.47. The fraction of sp³-hybridized carbons (Fsp3) is 0.400. The average molecular weight is 393 g/mol. The molecule has 1 aliphatic rings. The van der Waals surface area contributed by atoms with Gasteiger partial charge in [-0.05, 0) is 25.7 Å². The smallest absolute Gasteiger partial charge is 0.233 e. The molecule has 0 amide bonds. The topological polar surface area (TPSA) is 102 Å². The van der Waals surface area contributed by atoms with Crippen molar-refractivity contribution >= 4 is 22.8 Å². The third-order valence-electron chi connectivity index (χ3n) is 5.59. The highest BCUT2D eigenvalue weighted by Gasteiger charge is 2.23. The fourth-order valence-electron chi connectivity index (χ4n) is 4.02. The van der Waals surface area contributed by atoms with Gasteiger partial charge in [-0.2, -0.15) is 9.97 Å². The van der Waals surface area contributed by atoms with Gasteiger partial charge in [0.1, 0.15) is 5.65 Å². The van der Waals surface area contributed by atoms with Gasteiger partial charge in [0.25, 0.3) is 0 Å². The normalized spacial score (nSPS) is 19.7. The Bertz CT molecular complexity index is 1140. The molecule has 0 aromatic carbocycles. The minimum absolute atomic E-state index is 0.339. The van der Waals surface area contributed by atoms with E-state index in [9.17, 15) is 0 Å². The summed E-state index contributed by atoms with van der Waals surface area (Å²) in [6, 6.07) is 0.339. The van der Waals surface area contributed by atoms with Crippen LogP contribution < -0.4 is 10.1 Å². The van der Waals surface area contributed by atoms with Gasteiger partial charge in [-0.1, -0.05) is 0 Å². The number of nitrogens with zero attached hydrogens (tertiary/aromatic N) is 5. The van der Waals surface area contributed by atoms with Crippen LogP contribution >= 0.6 is 0 Å². The van der Waals surface area contributed by atoms with Gasteiger partial charge in [0.2, 0.25) is 17.6 Å². The summed E-state index contributed by atoms with van der Waals surface area (Å²) in [6.45, 7) is 0. The number of methoxy groups -OCH3 is 2. The van der Waals surface area contributed by atoms with Crippen molar-refractivity contribution in [3.8, 4) is 17.0 Å². The summed E-state index contributed by atoms with van der Waals surface area (Å²) in [5.74, 6) is 1.77. The molecule has 2 N–H and O–H groups in total. The fourth-order valence-corrected chi connectivity index (χ4v) is 4.02. The van der Waals surface area contributed by atoms with Crippen molar-refractivity contribution in [3.05, 3.63) is 31.0 Å². The molecule has 5 rings (SSSR count). The molecule has 4 aromatic rings. The summed E-state index contributed by atoms with van der Waals surface area (Å²) >= 11 is 0. The molecule has 0 spiro atoms. The average Bonchev–Trinajstić information content (AvgIpc) is 3.40. The van der Waals surface area contributed by atoms with Crippen LogP contribution in [0.25, 0.3) is 27.9 Å². The predicted octanol–water partition coefficient (Wildman–Crippen LogP) is 3.05. The summed E-state index contributed by atoms with van der Waals surface area (Å²) in [6.07, 6.45) is 13.8. The summed E-state index contributed by atoms with van der Waals surface area (Å²) in [5.41, 5.74) is 2.60. The molecule has 9 heteroatoms. The second-order valence-electron chi connectivity index (χ2n) is 7.31. The third kappa shape index (κ3) is 3.27. The van der Waals surface area contributed by atoms with Crippen LogP contribution in [0.5, 0.6) is 5.88 Å². The van der Waals surface area contributed by atoms with Gasteiger partial charge in [-0.3, -0.25) is 4.40 Å². The van der Waals surface area contributed by atoms with Crippen molar-refractivity contribution in [2.24, 2.45) is 0 Å². The maximum absolute atomic E-state index is 5.61. The summed E-state index contributed by atoms with van der Waals surface area (Å²) in [5, 5.41) is 4.30. The number of imidazole rings is 1. The first-order valence-electron chi connectivity index (χ1n) is 9.76. The molecule has 4 heterocycles. The minimum Gasteiger partial charge on any atom is -0.480 e.